The van der Waals surface area contributed by atoms with Gasteiger partial charge in [-0.15, -0.1) is 0 Å². The number of fused-ring (bicyclic) bond motifs is 1. The van der Waals surface area contributed by atoms with E-state index in [1.54, 1.807) is 0 Å². The van der Waals surface area contributed by atoms with E-state index in [0.717, 1.165) is 17.7 Å². The van der Waals surface area contributed by atoms with E-state index in [0.29, 0.717) is 0 Å². The molecular weight excluding hydrogens is 218 g/mol. The summed E-state index contributed by atoms with van der Waals surface area (Å²) in [5, 5.41) is 0. The molecule has 2 aromatic carbocycles. The van der Waals surface area contributed by atoms with Crippen molar-refractivity contribution in [3.63, 3.8) is 0 Å². The molecule has 1 nitrogen and oxygen atoms in total. The van der Waals surface area contributed by atoms with Gasteiger partial charge in [0.2, 0.25) is 0 Å². The maximum Gasteiger partial charge on any atom is 0.0320 e. The maximum absolute atomic E-state index is 5.83. The third-order valence-corrected chi connectivity index (χ3v) is 3.28. The summed E-state index contributed by atoms with van der Waals surface area (Å²) in [6.45, 7) is 4.00. The average Bonchev–Trinajstić information content (AvgIpc) is 2.38. The summed E-state index contributed by atoms with van der Waals surface area (Å²) in [6.07, 6.45) is 5.17. The van der Waals surface area contributed by atoms with Gasteiger partial charge >= 0.3 is 0 Å². The molecule has 3 rings (SSSR count). The van der Waals surface area contributed by atoms with Crippen molar-refractivity contribution in [1.82, 2.24) is 0 Å². The zero-order chi connectivity index (χ0) is 12.5. The standard InChI is InChI=1S/C17H15N/c1-12-5-6-15-10-16(8-7-14(15)9-12)13-3-2-4-17(18)11-13/h2-8,10-11H,1,9,18H2. The Balaban J connectivity index is 2.07. The van der Waals surface area contributed by atoms with Crippen molar-refractivity contribution in [3.8, 4) is 11.1 Å². The highest BCUT2D eigenvalue weighted by molar-refractivity contribution is 5.73. The Hall–Kier alpha value is -2.28. The van der Waals surface area contributed by atoms with E-state index >= 15 is 0 Å². The summed E-state index contributed by atoms with van der Waals surface area (Å²) in [4.78, 5) is 0. The Morgan fingerprint density at radius 1 is 0.944 bits per heavy atom. The monoisotopic (exact) mass is 233 g/mol. The molecule has 0 spiro atoms. The summed E-state index contributed by atoms with van der Waals surface area (Å²) in [7, 11) is 0. The normalized spacial score (nSPS) is 13.4. The minimum atomic E-state index is 0.800. The molecule has 1 aliphatic carbocycles. The molecule has 2 N–H and O–H groups in total. The number of rotatable bonds is 1. The molecular formula is C17H15N. The fraction of sp³-hybridized carbons (Fsp3) is 0.0588. The Bertz CT molecular complexity index is 650. The van der Waals surface area contributed by atoms with E-state index in [9.17, 15) is 0 Å². The lowest BCUT2D eigenvalue weighted by molar-refractivity contribution is 1.18. The van der Waals surface area contributed by atoms with Gasteiger partial charge in [0, 0.05) is 5.69 Å². The first kappa shape index (κ1) is 10.8. The fourth-order valence-corrected chi connectivity index (χ4v) is 2.32. The molecule has 0 amide bonds. The van der Waals surface area contributed by atoms with Crippen LogP contribution in [0.15, 0.2) is 60.7 Å². The van der Waals surface area contributed by atoms with Gasteiger partial charge in [-0.05, 0) is 46.9 Å². The van der Waals surface area contributed by atoms with Crippen LogP contribution in [-0.4, -0.2) is 0 Å². The zero-order valence-electron chi connectivity index (χ0n) is 10.2. The SMILES string of the molecule is C=C1C=Cc2cc(-c3cccc(N)c3)ccc2C1. The molecule has 0 bridgehead atoms. The molecule has 0 unspecified atom stereocenters. The van der Waals surface area contributed by atoms with Crippen LogP contribution in [0.4, 0.5) is 5.69 Å². The van der Waals surface area contributed by atoms with Crippen LogP contribution in [0.25, 0.3) is 17.2 Å². The van der Waals surface area contributed by atoms with Crippen molar-refractivity contribution in [1.29, 1.82) is 0 Å². The highest BCUT2D eigenvalue weighted by Crippen LogP contribution is 2.28. The van der Waals surface area contributed by atoms with Crippen LogP contribution in [0.3, 0.4) is 0 Å². The van der Waals surface area contributed by atoms with Crippen molar-refractivity contribution in [2.45, 2.75) is 6.42 Å². The highest BCUT2D eigenvalue weighted by Gasteiger charge is 2.08. The van der Waals surface area contributed by atoms with Gasteiger partial charge in [0.15, 0.2) is 0 Å². The van der Waals surface area contributed by atoms with Crippen molar-refractivity contribution >= 4 is 11.8 Å². The Morgan fingerprint density at radius 2 is 1.78 bits per heavy atom. The van der Waals surface area contributed by atoms with E-state index in [2.05, 4.69) is 43.0 Å². The smallest absolute Gasteiger partial charge is 0.0320 e. The lowest BCUT2D eigenvalue weighted by Crippen LogP contribution is -1.96. The number of nitrogens with two attached hydrogens (primary N) is 1. The quantitative estimate of drug-likeness (QED) is 0.738. The number of allylic oxidation sites excluding steroid dienone is 2. The molecule has 0 aromatic heterocycles. The molecule has 0 fully saturated rings. The van der Waals surface area contributed by atoms with E-state index in [4.69, 9.17) is 5.73 Å². The lowest BCUT2D eigenvalue weighted by atomic mass is 9.91. The number of benzene rings is 2. The lowest BCUT2D eigenvalue weighted by Gasteiger charge is -2.14. The van der Waals surface area contributed by atoms with Crippen LogP contribution in [0.1, 0.15) is 11.1 Å². The molecule has 18 heavy (non-hydrogen) atoms. The molecule has 1 heteroatoms. The van der Waals surface area contributed by atoms with Crippen LogP contribution in [0.2, 0.25) is 0 Å². The van der Waals surface area contributed by atoms with Gasteiger partial charge < -0.3 is 5.73 Å². The van der Waals surface area contributed by atoms with Gasteiger partial charge in [-0.25, -0.2) is 0 Å². The number of nitrogen functional groups attached to an aromatic ring is 1. The molecule has 1 aliphatic rings. The van der Waals surface area contributed by atoms with Crippen LogP contribution in [0.5, 0.6) is 0 Å². The summed E-state index contributed by atoms with van der Waals surface area (Å²) in [5.74, 6) is 0. The van der Waals surface area contributed by atoms with E-state index in [-0.39, 0.29) is 0 Å². The number of anilines is 1. The fourth-order valence-electron chi connectivity index (χ4n) is 2.32. The van der Waals surface area contributed by atoms with Gasteiger partial charge in [-0.1, -0.05) is 48.6 Å². The van der Waals surface area contributed by atoms with Crippen molar-refractivity contribution in [2.24, 2.45) is 0 Å². The number of hydrogen-bond donors (Lipinski definition) is 1. The Labute approximate surface area is 107 Å². The third-order valence-electron chi connectivity index (χ3n) is 3.28. The third kappa shape index (κ3) is 1.95. The second kappa shape index (κ2) is 4.19. The summed E-state index contributed by atoms with van der Waals surface area (Å²) < 4.78 is 0. The van der Waals surface area contributed by atoms with Crippen molar-refractivity contribution in [2.75, 3.05) is 5.73 Å². The second-order valence-electron chi connectivity index (χ2n) is 4.71. The first-order chi connectivity index (χ1) is 8.72. The molecule has 0 heterocycles. The topological polar surface area (TPSA) is 26.0 Å². The van der Waals surface area contributed by atoms with Gasteiger partial charge in [-0.3, -0.25) is 0 Å². The molecule has 0 saturated heterocycles. The van der Waals surface area contributed by atoms with Gasteiger partial charge in [-0.2, -0.15) is 0 Å². The van der Waals surface area contributed by atoms with Crippen LogP contribution in [-0.2, 0) is 6.42 Å². The Kier molecular flexibility index (Phi) is 2.52. The van der Waals surface area contributed by atoms with Gasteiger partial charge in [0.25, 0.3) is 0 Å². The summed E-state index contributed by atoms with van der Waals surface area (Å²) in [5.41, 5.74) is 12.8. The molecule has 2 aromatic rings. The predicted molar refractivity (Wildman–Crippen MR) is 78.2 cm³/mol. The average molecular weight is 233 g/mol. The minimum Gasteiger partial charge on any atom is -0.399 e. The summed E-state index contributed by atoms with van der Waals surface area (Å²) >= 11 is 0. The molecule has 88 valence electrons. The molecule has 0 radical (unpaired) electrons. The van der Waals surface area contributed by atoms with E-state index in [1.807, 2.05) is 18.2 Å². The van der Waals surface area contributed by atoms with E-state index in [1.165, 1.54) is 22.3 Å². The van der Waals surface area contributed by atoms with E-state index < -0.39 is 0 Å². The first-order valence-corrected chi connectivity index (χ1v) is 6.07. The Morgan fingerprint density at radius 3 is 2.61 bits per heavy atom. The second-order valence-corrected chi connectivity index (χ2v) is 4.71. The zero-order valence-corrected chi connectivity index (χ0v) is 10.2. The maximum atomic E-state index is 5.83. The van der Waals surface area contributed by atoms with Crippen molar-refractivity contribution in [3.05, 3.63) is 71.8 Å². The molecule has 0 aliphatic heterocycles. The first-order valence-electron chi connectivity index (χ1n) is 6.07. The largest absolute Gasteiger partial charge is 0.399 e. The van der Waals surface area contributed by atoms with Gasteiger partial charge in [0.1, 0.15) is 0 Å². The van der Waals surface area contributed by atoms with Crippen LogP contribution < -0.4 is 5.73 Å². The molecule has 0 atom stereocenters. The number of hydrogen-bond acceptors (Lipinski definition) is 1. The minimum absolute atomic E-state index is 0.800. The van der Waals surface area contributed by atoms with Crippen molar-refractivity contribution < 1.29 is 0 Å². The predicted octanol–water partition coefficient (Wildman–Crippen LogP) is 4.06. The van der Waals surface area contributed by atoms with Crippen LogP contribution >= 0.6 is 0 Å². The molecule has 0 saturated carbocycles. The van der Waals surface area contributed by atoms with Crippen LogP contribution in [0, 0.1) is 0 Å². The highest BCUT2D eigenvalue weighted by atomic mass is 14.5. The summed E-state index contributed by atoms with van der Waals surface area (Å²) in [6, 6.07) is 14.5. The van der Waals surface area contributed by atoms with Gasteiger partial charge in [0.05, 0.1) is 0 Å².